The summed E-state index contributed by atoms with van der Waals surface area (Å²) in [6.07, 6.45) is 1.53. The van der Waals surface area contributed by atoms with E-state index >= 15 is 0 Å². The van der Waals surface area contributed by atoms with Gasteiger partial charge in [-0.1, -0.05) is 12.1 Å². The summed E-state index contributed by atoms with van der Waals surface area (Å²) >= 11 is 0. The summed E-state index contributed by atoms with van der Waals surface area (Å²) in [4.78, 5) is 10.2. The van der Waals surface area contributed by atoms with Gasteiger partial charge in [0, 0.05) is 5.39 Å². The average Bonchev–Trinajstić information content (AvgIpc) is 2.58. The molecule has 0 saturated carbocycles. The van der Waals surface area contributed by atoms with Gasteiger partial charge in [0.1, 0.15) is 17.3 Å². The molecule has 1 aromatic heterocycles. The zero-order valence-electron chi connectivity index (χ0n) is 7.07. The summed E-state index contributed by atoms with van der Waals surface area (Å²) in [5.74, 6) is 0.0922. The number of nitrogens with one attached hydrogen (secondary N) is 1. The van der Waals surface area contributed by atoms with Crippen LogP contribution in [0.5, 0.6) is 0 Å². The van der Waals surface area contributed by atoms with Crippen LogP contribution in [0.3, 0.4) is 0 Å². The van der Waals surface area contributed by atoms with Crippen molar-refractivity contribution in [3.63, 3.8) is 0 Å². The van der Waals surface area contributed by atoms with Gasteiger partial charge in [0.05, 0.1) is 0 Å². The van der Waals surface area contributed by atoms with E-state index in [0.717, 1.165) is 0 Å². The number of fused-ring (bicyclic) bond motifs is 1. The summed E-state index contributed by atoms with van der Waals surface area (Å²) < 4.78 is 5.20. The van der Waals surface area contributed by atoms with E-state index in [9.17, 15) is 4.79 Å². The molecule has 67 valence electrons. The number of rotatable bonds is 2. The zero-order chi connectivity index (χ0) is 9.97. The minimum absolute atomic E-state index is 0.0922. The summed E-state index contributed by atoms with van der Waals surface area (Å²) in [5.41, 5.74) is 0.944. The molecule has 1 radical (unpaired) electrons. The van der Waals surface area contributed by atoms with Crippen LogP contribution >= 0.6 is 0 Å². The van der Waals surface area contributed by atoms with Crippen molar-refractivity contribution in [1.29, 1.82) is 5.26 Å². The van der Waals surface area contributed by atoms with Crippen LogP contribution < -0.4 is 5.32 Å². The van der Waals surface area contributed by atoms with E-state index in [1.54, 1.807) is 24.3 Å². The number of benzene rings is 1. The van der Waals surface area contributed by atoms with E-state index in [1.807, 2.05) is 6.07 Å². The van der Waals surface area contributed by atoms with Gasteiger partial charge >= 0.3 is 6.41 Å². The second-order valence-electron chi connectivity index (χ2n) is 2.64. The molecule has 0 atom stereocenters. The van der Waals surface area contributed by atoms with Crippen LogP contribution in [0.15, 0.2) is 28.7 Å². The maximum atomic E-state index is 10.2. The van der Waals surface area contributed by atoms with Gasteiger partial charge in [0.25, 0.3) is 0 Å². The van der Waals surface area contributed by atoms with Gasteiger partial charge in [0.2, 0.25) is 5.76 Å². The number of amides is 1. The Hall–Kier alpha value is -2.28. The van der Waals surface area contributed by atoms with Crippen molar-refractivity contribution in [2.24, 2.45) is 0 Å². The third kappa shape index (κ3) is 1.12. The second-order valence-corrected chi connectivity index (χ2v) is 2.64. The van der Waals surface area contributed by atoms with Crippen molar-refractivity contribution in [1.82, 2.24) is 0 Å². The summed E-state index contributed by atoms with van der Waals surface area (Å²) in [6.45, 7) is 0. The summed E-state index contributed by atoms with van der Waals surface area (Å²) in [7, 11) is 0. The predicted octanol–water partition coefficient (Wildman–Crippen LogP) is 1.78. The molecule has 4 heteroatoms. The Balaban J connectivity index is 2.75. The highest BCUT2D eigenvalue weighted by Gasteiger charge is 2.12. The number of anilines is 1. The monoisotopic (exact) mass is 185 g/mol. The van der Waals surface area contributed by atoms with Crippen molar-refractivity contribution in [2.75, 3.05) is 5.32 Å². The Labute approximate surface area is 79.7 Å². The van der Waals surface area contributed by atoms with E-state index in [2.05, 4.69) is 5.32 Å². The molecule has 14 heavy (non-hydrogen) atoms. The largest absolute Gasteiger partial charge is 0.443 e. The van der Waals surface area contributed by atoms with Crippen molar-refractivity contribution in [2.45, 2.75) is 0 Å². The lowest BCUT2D eigenvalue weighted by molar-refractivity contribution is 0.560. The molecule has 0 saturated heterocycles. The van der Waals surface area contributed by atoms with Crippen LogP contribution in [-0.2, 0) is 4.79 Å². The molecule has 2 rings (SSSR count). The van der Waals surface area contributed by atoms with Crippen molar-refractivity contribution < 1.29 is 9.21 Å². The van der Waals surface area contributed by atoms with Crippen LogP contribution in [0.25, 0.3) is 11.0 Å². The fraction of sp³-hybridized carbons (Fsp3) is 0. The average molecular weight is 185 g/mol. The maximum absolute atomic E-state index is 10.2. The lowest BCUT2D eigenvalue weighted by Gasteiger charge is -1.91. The Morgan fingerprint density at radius 3 is 2.86 bits per heavy atom. The topological polar surface area (TPSA) is 66.0 Å². The highest BCUT2D eigenvalue weighted by molar-refractivity contribution is 5.97. The Morgan fingerprint density at radius 1 is 1.36 bits per heavy atom. The normalized spacial score (nSPS) is 9.64. The highest BCUT2D eigenvalue weighted by Crippen LogP contribution is 2.29. The first-order valence-corrected chi connectivity index (χ1v) is 3.91. The SMILES string of the molecule is N#Cc1oc2ccccc2c1N[C]=O. The van der Waals surface area contributed by atoms with Crippen molar-refractivity contribution in [3.05, 3.63) is 30.0 Å². The molecule has 1 aromatic carbocycles. The molecule has 2 aromatic rings. The van der Waals surface area contributed by atoms with E-state index < -0.39 is 0 Å². The predicted molar refractivity (Wildman–Crippen MR) is 50.2 cm³/mol. The maximum Gasteiger partial charge on any atom is 0.314 e. The molecule has 1 N–H and O–H groups in total. The quantitative estimate of drug-likeness (QED) is 0.725. The third-order valence-corrected chi connectivity index (χ3v) is 1.87. The molecule has 1 heterocycles. The van der Waals surface area contributed by atoms with E-state index in [-0.39, 0.29) is 5.76 Å². The van der Waals surface area contributed by atoms with Crippen LogP contribution in [0.2, 0.25) is 0 Å². The van der Waals surface area contributed by atoms with Gasteiger partial charge < -0.3 is 9.73 Å². The Kier molecular flexibility index (Phi) is 1.92. The van der Waals surface area contributed by atoms with Gasteiger partial charge in [-0.05, 0) is 12.1 Å². The molecule has 1 amide bonds. The fourth-order valence-corrected chi connectivity index (χ4v) is 1.30. The lowest BCUT2D eigenvalue weighted by atomic mass is 10.2. The number of para-hydroxylation sites is 1. The molecule has 0 unspecified atom stereocenters. The smallest absolute Gasteiger partial charge is 0.314 e. The van der Waals surface area contributed by atoms with E-state index in [1.165, 1.54) is 6.41 Å². The first-order valence-electron chi connectivity index (χ1n) is 3.91. The third-order valence-electron chi connectivity index (χ3n) is 1.87. The van der Waals surface area contributed by atoms with Gasteiger partial charge in [-0.3, -0.25) is 4.79 Å². The highest BCUT2D eigenvalue weighted by atomic mass is 16.3. The van der Waals surface area contributed by atoms with Crippen LogP contribution in [0, 0.1) is 11.3 Å². The molecular formula is C10H5N2O2. The fourth-order valence-electron chi connectivity index (χ4n) is 1.30. The number of nitrogens with zero attached hydrogens (tertiary/aromatic N) is 1. The number of furan rings is 1. The van der Waals surface area contributed by atoms with E-state index in [0.29, 0.717) is 16.7 Å². The first-order chi connectivity index (χ1) is 6.86. The van der Waals surface area contributed by atoms with Crippen molar-refractivity contribution in [3.8, 4) is 6.07 Å². The summed E-state index contributed by atoms with van der Waals surface area (Å²) in [5, 5.41) is 11.8. The summed E-state index contributed by atoms with van der Waals surface area (Å²) in [6, 6.07) is 8.95. The minimum atomic E-state index is 0.0922. The molecule has 4 nitrogen and oxygen atoms in total. The minimum Gasteiger partial charge on any atom is -0.443 e. The van der Waals surface area contributed by atoms with Gasteiger partial charge in [-0.15, -0.1) is 0 Å². The van der Waals surface area contributed by atoms with Gasteiger partial charge in [0.15, 0.2) is 0 Å². The van der Waals surface area contributed by atoms with Gasteiger partial charge in [-0.25, -0.2) is 0 Å². The Morgan fingerprint density at radius 2 is 2.14 bits per heavy atom. The molecule has 0 fully saturated rings. The molecule has 0 spiro atoms. The van der Waals surface area contributed by atoms with E-state index in [4.69, 9.17) is 9.68 Å². The number of nitriles is 1. The number of hydrogen-bond acceptors (Lipinski definition) is 3. The number of hydrogen-bond donors (Lipinski definition) is 1. The second kappa shape index (κ2) is 3.23. The standard InChI is InChI=1S/C10H5N2O2/c11-5-9-10(12-6-13)7-3-1-2-4-8(7)14-9/h1-4H,(H,12,13). The van der Waals surface area contributed by atoms with Crippen molar-refractivity contribution >= 4 is 23.1 Å². The van der Waals surface area contributed by atoms with Crippen LogP contribution in [0.1, 0.15) is 5.76 Å². The number of carbonyl (C=O) groups excluding carboxylic acids is 1. The molecule has 0 aliphatic carbocycles. The van der Waals surface area contributed by atoms with Gasteiger partial charge in [-0.2, -0.15) is 5.26 Å². The zero-order valence-corrected chi connectivity index (χ0v) is 7.07. The Bertz CT molecular complexity index is 522. The molecular weight excluding hydrogens is 180 g/mol. The molecule has 0 aliphatic heterocycles. The molecule has 0 aliphatic rings. The van der Waals surface area contributed by atoms with Crippen LogP contribution in [0.4, 0.5) is 5.69 Å². The lowest BCUT2D eigenvalue weighted by Crippen LogP contribution is -1.93. The molecule has 0 bridgehead atoms. The first kappa shape index (κ1) is 8.32. The van der Waals surface area contributed by atoms with Crippen LogP contribution in [-0.4, -0.2) is 6.41 Å².